The third-order valence-corrected chi connectivity index (χ3v) is 3.08. The molecule has 0 aromatic heterocycles. The van der Waals surface area contributed by atoms with Crippen molar-refractivity contribution in [1.82, 2.24) is 4.90 Å². The summed E-state index contributed by atoms with van der Waals surface area (Å²) >= 11 is 0. The summed E-state index contributed by atoms with van der Waals surface area (Å²) in [5.41, 5.74) is 0.438. The molecular formula is C13H18FNO3. The van der Waals surface area contributed by atoms with Gasteiger partial charge in [0.05, 0.1) is 5.92 Å². The molecule has 5 heteroatoms. The van der Waals surface area contributed by atoms with Gasteiger partial charge in [-0.05, 0) is 20.0 Å². The lowest BCUT2D eigenvalue weighted by atomic mass is 10.0. The molecular weight excluding hydrogens is 237 g/mol. The number of phenolic OH excluding ortho intramolecular Hbond substituents is 1. The minimum Gasteiger partial charge on any atom is -0.508 e. The molecule has 0 radical (unpaired) electrons. The number of aliphatic carboxylic acids is 1. The van der Waals surface area contributed by atoms with E-state index >= 15 is 0 Å². The number of aromatic hydroxyl groups is 1. The number of carboxylic acid groups (broad SMARTS) is 1. The van der Waals surface area contributed by atoms with E-state index in [1.807, 2.05) is 0 Å². The predicted octanol–water partition coefficient (Wildman–Crippen LogP) is 2.24. The van der Waals surface area contributed by atoms with Gasteiger partial charge in [-0.15, -0.1) is 0 Å². The highest BCUT2D eigenvalue weighted by Crippen LogP contribution is 2.25. The Hall–Kier alpha value is -1.62. The first-order valence-corrected chi connectivity index (χ1v) is 5.74. The van der Waals surface area contributed by atoms with Crippen LogP contribution in [0.15, 0.2) is 18.2 Å². The SMILES string of the molecule is CC(CN(C)C(C)c1ccc(O)cc1F)C(=O)O. The van der Waals surface area contributed by atoms with Crippen LogP contribution in [0.5, 0.6) is 5.75 Å². The third kappa shape index (κ3) is 3.43. The summed E-state index contributed by atoms with van der Waals surface area (Å²) in [6.45, 7) is 3.74. The zero-order valence-electron chi connectivity index (χ0n) is 10.7. The first kappa shape index (κ1) is 14.4. The Kier molecular flexibility index (Phi) is 4.67. The summed E-state index contributed by atoms with van der Waals surface area (Å²) in [5, 5.41) is 18.0. The van der Waals surface area contributed by atoms with Crippen molar-refractivity contribution < 1.29 is 19.4 Å². The van der Waals surface area contributed by atoms with E-state index in [1.54, 1.807) is 25.8 Å². The summed E-state index contributed by atoms with van der Waals surface area (Å²) < 4.78 is 13.7. The summed E-state index contributed by atoms with van der Waals surface area (Å²) in [6.07, 6.45) is 0. The van der Waals surface area contributed by atoms with Gasteiger partial charge in [0, 0.05) is 24.2 Å². The van der Waals surface area contributed by atoms with Crippen LogP contribution < -0.4 is 0 Å². The number of rotatable bonds is 5. The second-order valence-corrected chi connectivity index (χ2v) is 4.56. The van der Waals surface area contributed by atoms with Crippen molar-refractivity contribution in [1.29, 1.82) is 0 Å². The molecule has 0 aliphatic rings. The minimum absolute atomic E-state index is 0.120. The van der Waals surface area contributed by atoms with Crippen LogP contribution in [0.4, 0.5) is 4.39 Å². The Morgan fingerprint density at radius 1 is 1.44 bits per heavy atom. The van der Waals surface area contributed by atoms with Gasteiger partial charge in [0.15, 0.2) is 0 Å². The van der Waals surface area contributed by atoms with Gasteiger partial charge < -0.3 is 10.2 Å². The topological polar surface area (TPSA) is 60.8 Å². The van der Waals surface area contributed by atoms with Crippen LogP contribution in [0, 0.1) is 11.7 Å². The highest BCUT2D eigenvalue weighted by atomic mass is 19.1. The second-order valence-electron chi connectivity index (χ2n) is 4.56. The fourth-order valence-electron chi connectivity index (χ4n) is 1.76. The van der Waals surface area contributed by atoms with Gasteiger partial charge >= 0.3 is 5.97 Å². The van der Waals surface area contributed by atoms with E-state index in [0.29, 0.717) is 12.1 Å². The molecule has 2 atom stereocenters. The molecule has 0 bridgehead atoms. The molecule has 2 unspecified atom stereocenters. The van der Waals surface area contributed by atoms with Crippen molar-refractivity contribution in [3.05, 3.63) is 29.6 Å². The molecule has 0 aliphatic carbocycles. The average molecular weight is 255 g/mol. The van der Waals surface area contributed by atoms with E-state index in [-0.39, 0.29) is 11.8 Å². The minimum atomic E-state index is -0.875. The Bertz CT molecular complexity index is 436. The van der Waals surface area contributed by atoms with E-state index in [2.05, 4.69) is 0 Å². The maximum absolute atomic E-state index is 13.7. The molecule has 0 saturated heterocycles. The second kappa shape index (κ2) is 5.82. The molecule has 0 aliphatic heterocycles. The number of nitrogens with zero attached hydrogens (tertiary/aromatic N) is 1. The maximum atomic E-state index is 13.7. The predicted molar refractivity (Wildman–Crippen MR) is 65.9 cm³/mol. The zero-order chi connectivity index (χ0) is 13.9. The van der Waals surface area contributed by atoms with E-state index in [0.717, 1.165) is 6.07 Å². The lowest BCUT2D eigenvalue weighted by Crippen LogP contribution is -2.31. The highest BCUT2D eigenvalue weighted by molar-refractivity contribution is 5.69. The molecule has 2 N–H and O–H groups in total. The number of halogens is 1. The van der Waals surface area contributed by atoms with Crippen LogP contribution in [-0.4, -0.2) is 34.7 Å². The highest BCUT2D eigenvalue weighted by Gasteiger charge is 2.20. The van der Waals surface area contributed by atoms with E-state index in [9.17, 15) is 9.18 Å². The smallest absolute Gasteiger partial charge is 0.307 e. The van der Waals surface area contributed by atoms with Gasteiger partial charge in [-0.25, -0.2) is 4.39 Å². The fourth-order valence-corrected chi connectivity index (χ4v) is 1.76. The van der Waals surface area contributed by atoms with Crippen molar-refractivity contribution >= 4 is 5.97 Å². The number of carboxylic acids is 1. The lowest BCUT2D eigenvalue weighted by Gasteiger charge is -2.26. The largest absolute Gasteiger partial charge is 0.508 e. The van der Waals surface area contributed by atoms with Crippen LogP contribution in [0.2, 0.25) is 0 Å². The number of hydrogen-bond acceptors (Lipinski definition) is 3. The van der Waals surface area contributed by atoms with Crippen molar-refractivity contribution in [2.45, 2.75) is 19.9 Å². The summed E-state index contributed by atoms with van der Waals surface area (Å²) in [7, 11) is 1.75. The quantitative estimate of drug-likeness (QED) is 0.847. The van der Waals surface area contributed by atoms with Crippen molar-refractivity contribution in [2.24, 2.45) is 5.92 Å². The zero-order valence-corrected chi connectivity index (χ0v) is 10.7. The van der Waals surface area contributed by atoms with Gasteiger partial charge in [-0.2, -0.15) is 0 Å². The van der Waals surface area contributed by atoms with Crippen LogP contribution >= 0.6 is 0 Å². The number of hydrogen-bond donors (Lipinski definition) is 2. The monoisotopic (exact) mass is 255 g/mol. The van der Waals surface area contributed by atoms with Gasteiger partial charge in [0.25, 0.3) is 0 Å². The number of benzene rings is 1. The Balaban J connectivity index is 2.80. The number of phenols is 1. The van der Waals surface area contributed by atoms with Gasteiger partial charge in [-0.1, -0.05) is 13.0 Å². The van der Waals surface area contributed by atoms with E-state index < -0.39 is 17.7 Å². The van der Waals surface area contributed by atoms with Crippen LogP contribution in [0.25, 0.3) is 0 Å². The fraction of sp³-hybridized carbons (Fsp3) is 0.462. The van der Waals surface area contributed by atoms with E-state index in [1.165, 1.54) is 12.1 Å². The molecule has 0 heterocycles. The molecule has 0 amide bonds. The van der Waals surface area contributed by atoms with Crippen LogP contribution in [0.3, 0.4) is 0 Å². The van der Waals surface area contributed by atoms with Gasteiger partial charge in [0.2, 0.25) is 0 Å². The lowest BCUT2D eigenvalue weighted by molar-refractivity contribution is -0.141. The molecule has 0 saturated carbocycles. The van der Waals surface area contributed by atoms with Crippen LogP contribution in [-0.2, 0) is 4.79 Å². The molecule has 18 heavy (non-hydrogen) atoms. The standard InChI is InChI=1S/C13H18FNO3/c1-8(13(17)18)7-15(3)9(2)11-5-4-10(16)6-12(11)14/h4-6,8-9,16H,7H2,1-3H3,(H,17,18). The molecule has 1 rings (SSSR count). The molecule has 1 aromatic carbocycles. The Labute approximate surface area is 106 Å². The third-order valence-electron chi connectivity index (χ3n) is 3.08. The van der Waals surface area contributed by atoms with Crippen LogP contribution in [0.1, 0.15) is 25.5 Å². The molecule has 1 aromatic rings. The Morgan fingerprint density at radius 2 is 2.06 bits per heavy atom. The number of carbonyl (C=O) groups is 1. The first-order chi connectivity index (χ1) is 8.32. The Morgan fingerprint density at radius 3 is 2.56 bits per heavy atom. The van der Waals surface area contributed by atoms with Gasteiger partial charge in [-0.3, -0.25) is 9.69 Å². The van der Waals surface area contributed by atoms with Crippen molar-refractivity contribution in [3.8, 4) is 5.75 Å². The molecule has 100 valence electrons. The molecule has 4 nitrogen and oxygen atoms in total. The first-order valence-electron chi connectivity index (χ1n) is 5.74. The summed E-state index contributed by atoms with van der Waals surface area (Å²) in [5.74, 6) is -2.00. The summed E-state index contributed by atoms with van der Waals surface area (Å²) in [6, 6.07) is 3.73. The molecule has 0 spiro atoms. The average Bonchev–Trinajstić information content (AvgIpc) is 2.27. The van der Waals surface area contributed by atoms with Gasteiger partial charge in [0.1, 0.15) is 11.6 Å². The summed E-state index contributed by atoms with van der Waals surface area (Å²) in [4.78, 5) is 12.5. The molecule has 0 fully saturated rings. The van der Waals surface area contributed by atoms with Crippen molar-refractivity contribution in [2.75, 3.05) is 13.6 Å². The maximum Gasteiger partial charge on any atom is 0.307 e. The van der Waals surface area contributed by atoms with E-state index in [4.69, 9.17) is 10.2 Å². The van der Waals surface area contributed by atoms with Crippen molar-refractivity contribution in [3.63, 3.8) is 0 Å². The normalized spacial score (nSPS) is 14.5.